The van der Waals surface area contributed by atoms with Crippen molar-refractivity contribution in [2.45, 2.75) is 31.1 Å². The van der Waals surface area contributed by atoms with Crippen LogP contribution in [0, 0.1) is 0 Å². The molecule has 0 radical (unpaired) electrons. The molecule has 5 rings (SSSR count). The largest absolute Gasteiger partial charge is 0.497 e. The fourth-order valence-electron chi connectivity index (χ4n) is 4.85. The van der Waals surface area contributed by atoms with E-state index in [0.29, 0.717) is 42.6 Å². The lowest BCUT2D eigenvalue weighted by Gasteiger charge is -2.31. The molecule has 0 bridgehead atoms. The van der Waals surface area contributed by atoms with Crippen molar-refractivity contribution in [2.75, 3.05) is 34.0 Å². The fourth-order valence-corrected chi connectivity index (χ4v) is 4.85. The molecule has 0 unspecified atom stereocenters. The molecule has 8 nitrogen and oxygen atoms in total. The van der Waals surface area contributed by atoms with E-state index in [0.717, 1.165) is 42.7 Å². The second-order valence-corrected chi connectivity index (χ2v) is 8.67. The number of benzene rings is 2. The van der Waals surface area contributed by atoms with Gasteiger partial charge in [-0.1, -0.05) is 24.1 Å². The van der Waals surface area contributed by atoms with E-state index in [4.69, 9.17) is 23.5 Å². The summed E-state index contributed by atoms with van der Waals surface area (Å²) in [6, 6.07) is 13.1. The summed E-state index contributed by atoms with van der Waals surface area (Å²) >= 11 is 0. The number of nitrogens with zero attached hydrogens (tertiary/aromatic N) is 1. The van der Waals surface area contributed by atoms with E-state index in [-0.39, 0.29) is 17.0 Å². The van der Waals surface area contributed by atoms with Gasteiger partial charge in [0.1, 0.15) is 24.7 Å². The fraction of sp³-hybridized carbons (Fsp3) is 0.385. The molecular formula is C26H28N2O6. The average molecular weight is 465 g/mol. The molecule has 1 N–H and O–H groups in total. The number of methoxy groups -OCH3 is 2. The van der Waals surface area contributed by atoms with Crippen LogP contribution in [0.5, 0.6) is 23.0 Å². The number of amides is 1. The molecule has 0 saturated heterocycles. The zero-order valence-electron chi connectivity index (χ0n) is 19.4. The van der Waals surface area contributed by atoms with E-state index in [2.05, 4.69) is 22.6 Å². The second-order valence-electron chi connectivity index (χ2n) is 8.67. The Hall–Kier alpha value is -3.68. The van der Waals surface area contributed by atoms with Crippen molar-refractivity contribution in [2.24, 2.45) is 0 Å². The zero-order chi connectivity index (χ0) is 23.5. The van der Waals surface area contributed by atoms with Gasteiger partial charge in [-0.2, -0.15) is 0 Å². The highest BCUT2D eigenvalue weighted by Crippen LogP contribution is 2.44. The lowest BCUT2D eigenvalue weighted by atomic mass is 9.78. The van der Waals surface area contributed by atoms with Gasteiger partial charge in [0.2, 0.25) is 0 Å². The lowest BCUT2D eigenvalue weighted by Crippen LogP contribution is -2.39. The first-order valence-electron chi connectivity index (χ1n) is 11.5. The number of aromatic nitrogens is 1. The molecule has 34 heavy (non-hydrogen) atoms. The van der Waals surface area contributed by atoms with Crippen LogP contribution in [0.3, 0.4) is 0 Å². The van der Waals surface area contributed by atoms with Crippen LogP contribution in [-0.4, -0.2) is 45.0 Å². The lowest BCUT2D eigenvalue weighted by molar-refractivity contribution is 0.0934. The standard InChI is InChI=1S/C26H28N2O6/c1-30-18-6-8-21(31-2)19(14-18)23-15-20(28-34-23)25(29)27-16-26(9-3-4-10-26)17-5-7-22-24(13-17)33-12-11-32-22/h5-8,13-15H,3-4,9-12,16H2,1-2H3,(H,27,29). The molecule has 1 aromatic heterocycles. The summed E-state index contributed by atoms with van der Waals surface area (Å²) in [6.07, 6.45) is 4.23. The first kappa shape index (κ1) is 22.1. The van der Waals surface area contributed by atoms with Crippen molar-refractivity contribution in [1.82, 2.24) is 10.5 Å². The third-order valence-electron chi connectivity index (χ3n) is 6.72. The minimum atomic E-state index is -0.277. The topological polar surface area (TPSA) is 92.1 Å². The number of hydrogen-bond donors (Lipinski definition) is 1. The van der Waals surface area contributed by atoms with E-state index < -0.39 is 0 Å². The Morgan fingerprint density at radius 2 is 1.79 bits per heavy atom. The van der Waals surface area contributed by atoms with Crippen molar-refractivity contribution >= 4 is 5.91 Å². The van der Waals surface area contributed by atoms with Crippen LogP contribution in [0.25, 0.3) is 11.3 Å². The average Bonchev–Trinajstić information content (AvgIpc) is 3.57. The van der Waals surface area contributed by atoms with Crippen molar-refractivity contribution in [3.63, 3.8) is 0 Å². The van der Waals surface area contributed by atoms with Crippen LogP contribution in [0.1, 0.15) is 41.7 Å². The number of carbonyl (C=O) groups excluding carboxylic acids is 1. The van der Waals surface area contributed by atoms with Crippen molar-refractivity contribution in [3.8, 4) is 34.3 Å². The van der Waals surface area contributed by atoms with E-state index in [1.165, 1.54) is 0 Å². The van der Waals surface area contributed by atoms with Crippen molar-refractivity contribution in [3.05, 3.63) is 53.7 Å². The smallest absolute Gasteiger partial charge is 0.273 e. The Bertz CT molecular complexity index is 1180. The molecule has 1 saturated carbocycles. The van der Waals surface area contributed by atoms with E-state index in [1.54, 1.807) is 38.5 Å². The highest BCUT2D eigenvalue weighted by atomic mass is 16.6. The van der Waals surface area contributed by atoms with Crippen molar-refractivity contribution in [1.29, 1.82) is 0 Å². The molecule has 1 aliphatic carbocycles. The Morgan fingerprint density at radius 1 is 1.00 bits per heavy atom. The van der Waals surface area contributed by atoms with Gasteiger partial charge in [-0.3, -0.25) is 4.79 Å². The van der Waals surface area contributed by atoms with Gasteiger partial charge in [-0.25, -0.2) is 0 Å². The number of ether oxygens (including phenoxy) is 4. The minimum Gasteiger partial charge on any atom is -0.497 e. The summed E-state index contributed by atoms with van der Waals surface area (Å²) in [7, 11) is 3.17. The molecule has 0 spiro atoms. The van der Waals surface area contributed by atoms with E-state index in [1.807, 2.05) is 6.07 Å². The van der Waals surface area contributed by atoms with E-state index in [9.17, 15) is 4.79 Å². The van der Waals surface area contributed by atoms with Crippen molar-refractivity contribution < 1.29 is 28.3 Å². The van der Waals surface area contributed by atoms with Gasteiger partial charge in [0.25, 0.3) is 5.91 Å². The zero-order valence-corrected chi connectivity index (χ0v) is 19.4. The van der Waals surface area contributed by atoms with Gasteiger partial charge in [-0.15, -0.1) is 0 Å². The van der Waals surface area contributed by atoms with Gasteiger partial charge in [-0.05, 0) is 48.7 Å². The van der Waals surface area contributed by atoms with Gasteiger partial charge < -0.3 is 28.8 Å². The summed E-state index contributed by atoms with van der Waals surface area (Å²) < 4.78 is 27.7. The summed E-state index contributed by atoms with van der Waals surface area (Å²) in [5.41, 5.74) is 1.90. The van der Waals surface area contributed by atoms with Gasteiger partial charge in [0.15, 0.2) is 23.0 Å². The van der Waals surface area contributed by atoms with Crippen LogP contribution in [0.4, 0.5) is 0 Å². The van der Waals surface area contributed by atoms with Crippen LogP contribution in [-0.2, 0) is 5.41 Å². The third-order valence-corrected chi connectivity index (χ3v) is 6.72. The first-order valence-corrected chi connectivity index (χ1v) is 11.5. The Balaban J connectivity index is 1.33. The van der Waals surface area contributed by atoms with Crippen LogP contribution in [0.15, 0.2) is 47.0 Å². The first-order chi connectivity index (χ1) is 16.6. The quantitative estimate of drug-likeness (QED) is 0.555. The molecule has 1 fully saturated rings. The van der Waals surface area contributed by atoms with Gasteiger partial charge >= 0.3 is 0 Å². The molecule has 8 heteroatoms. The Labute approximate surface area is 198 Å². The molecule has 178 valence electrons. The molecular weight excluding hydrogens is 436 g/mol. The van der Waals surface area contributed by atoms with E-state index >= 15 is 0 Å². The number of hydrogen-bond acceptors (Lipinski definition) is 7. The monoisotopic (exact) mass is 464 g/mol. The number of fused-ring (bicyclic) bond motifs is 1. The summed E-state index contributed by atoms with van der Waals surface area (Å²) in [5, 5.41) is 7.09. The van der Waals surface area contributed by atoms with Crippen LogP contribution >= 0.6 is 0 Å². The number of nitrogens with one attached hydrogen (secondary N) is 1. The number of carbonyl (C=O) groups is 1. The van der Waals surface area contributed by atoms with Gasteiger partial charge in [0.05, 0.1) is 19.8 Å². The maximum Gasteiger partial charge on any atom is 0.273 e. The normalized spacial score (nSPS) is 16.2. The molecule has 2 aromatic carbocycles. The molecule has 1 aliphatic heterocycles. The predicted molar refractivity (Wildman–Crippen MR) is 125 cm³/mol. The molecule has 2 heterocycles. The highest BCUT2D eigenvalue weighted by Gasteiger charge is 2.37. The summed E-state index contributed by atoms with van der Waals surface area (Å²) in [5.74, 6) is 2.96. The summed E-state index contributed by atoms with van der Waals surface area (Å²) in [6.45, 7) is 1.62. The molecule has 2 aliphatic rings. The maximum absolute atomic E-state index is 13.0. The minimum absolute atomic E-state index is 0.145. The van der Waals surface area contributed by atoms with Crippen LogP contribution < -0.4 is 24.3 Å². The van der Waals surface area contributed by atoms with Gasteiger partial charge in [0, 0.05) is 18.0 Å². The Morgan fingerprint density at radius 3 is 2.56 bits per heavy atom. The summed E-state index contributed by atoms with van der Waals surface area (Å²) in [4.78, 5) is 13.0. The predicted octanol–water partition coefficient (Wildman–Crippen LogP) is 4.37. The molecule has 3 aromatic rings. The molecule has 1 amide bonds. The SMILES string of the molecule is COc1ccc(OC)c(-c2cc(C(=O)NCC3(c4ccc5c(c4)OCCO5)CCCC3)no2)c1. The molecule has 0 atom stereocenters. The maximum atomic E-state index is 13.0. The Kier molecular flexibility index (Phi) is 6.04. The highest BCUT2D eigenvalue weighted by molar-refractivity contribution is 5.93. The third kappa shape index (κ3) is 4.16. The number of rotatable bonds is 7. The second kappa shape index (κ2) is 9.29. The van der Waals surface area contributed by atoms with Crippen LogP contribution in [0.2, 0.25) is 0 Å².